The van der Waals surface area contributed by atoms with Gasteiger partial charge >= 0.3 is 0 Å². The van der Waals surface area contributed by atoms with Gasteiger partial charge in [0.15, 0.2) is 6.10 Å². The molecule has 5 nitrogen and oxygen atoms in total. The van der Waals surface area contributed by atoms with Crippen LogP contribution in [0.4, 0.5) is 11.4 Å². The second-order valence-corrected chi connectivity index (χ2v) is 8.46. The Balaban J connectivity index is 1.59. The number of carbonyl (C=O) groups excluding carboxylic acids is 2. The SMILES string of the molecule is Cc1c(Cl)cccc1N1C(=O)[C@H]2[C@@H](ON(c3ccccc3)[C@H]2c2cccs2)C1=O. The molecule has 3 aromatic rings. The Bertz CT molecular complexity index is 1090. The minimum atomic E-state index is -0.867. The lowest BCUT2D eigenvalue weighted by molar-refractivity contribution is -0.126. The van der Waals surface area contributed by atoms with Crippen LogP contribution in [0.15, 0.2) is 66.0 Å². The van der Waals surface area contributed by atoms with Gasteiger partial charge in [0.1, 0.15) is 12.0 Å². The maximum Gasteiger partial charge on any atom is 0.266 e. The van der Waals surface area contributed by atoms with Gasteiger partial charge in [-0.2, -0.15) is 0 Å². The number of para-hydroxylation sites is 1. The van der Waals surface area contributed by atoms with Crippen molar-refractivity contribution in [1.82, 2.24) is 0 Å². The van der Waals surface area contributed by atoms with Gasteiger partial charge in [0.25, 0.3) is 5.91 Å². The molecule has 146 valence electrons. The molecule has 5 rings (SSSR count). The van der Waals surface area contributed by atoms with Crippen molar-refractivity contribution in [2.24, 2.45) is 5.92 Å². The summed E-state index contributed by atoms with van der Waals surface area (Å²) in [4.78, 5) is 35.1. The van der Waals surface area contributed by atoms with E-state index in [4.69, 9.17) is 16.4 Å². The fourth-order valence-corrected chi connectivity index (χ4v) is 5.06. The van der Waals surface area contributed by atoms with E-state index in [9.17, 15) is 9.59 Å². The van der Waals surface area contributed by atoms with Crippen LogP contribution in [0.25, 0.3) is 0 Å². The number of hydrogen-bond acceptors (Lipinski definition) is 5. The number of thiophene rings is 1. The normalized spacial score (nSPS) is 23.7. The summed E-state index contributed by atoms with van der Waals surface area (Å²) in [7, 11) is 0. The number of halogens is 1. The number of benzene rings is 2. The number of rotatable bonds is 3. The van der Waals surface area contributed by atoms with Crippen molar-refractivity contribution < 1.29 is 14.4 Å². The molecule has 0 saturated carbocycles. The smallest absolute Gasteiger partial charge is 0.266 e. The van der Waals surface area contributed by atoms with Crippen LogP contribution in [-0.2, 0) is 14.4 Å². The third-order valence-corrected chi connectivity index (χ3v) is 6.79. The second-order valence-electron chi connectivity index (χ2n) is 7.07. The lowest BCUT2D eigenvalue weighted by atomic mass is 9.95. The first-order valence-corrected chi connectivity index (χ1v) is 10.5. The molecular formula is C22H17ClN2O3S. The highest BCUT2D eigenvalue weighted by Gasteiger charge is 2.60. The minimum absolute atomic E-state index is 0.262. The number of anilines is 2. The Hall–Kier alpha value is -2.67. The first-order chi connectivity index (χ1) is 14.1. The monoisotopic (exact) mass is 424 g/mol. The van der Waals surface area contributed by atoms with Crippen molar-refractivity contribution in [2.75, 3.05) is 9.96 Å². The van der Waals surface area contributed by atoms with Crippen molar-refractivity contribution in [3.05, 3.63) is 81.5 Å². The van der Waals surface area contributed by atoms with E-state index in [1.165, 1.54) is 4.90 Å². The van der Waals surface area contributed by atoms with Gasteiger partial charge in [-0.1, -0.05) is 41.9 Å². The van der Waals surface area contributed by atoms with Crippen molar-refractivity contribution in [3.8, 4) is 0 Å². The van der Waals surface area contributed by atoms with Gasteiger partial charge in [-0.05, 0) is 48.2 Å². The Morgan fingerprint density at radius 3 is 2.48 bits per heavy atom. The summed E-state index contributed by atoms with van der Waals surface area (Å²) >= 11 is 7.78. The first-order valence-electron chi connectivity index (χ1n) is 9.25. The zero-order valence-electron chi connectivity index (χ0n) is 15.5. The molecule has 3 heterocycles. The maximum absolute atomic E-state index is 13.5. The number of hydroxylamine groups is 1. The van der Waals surface area contributed by atoms with Crippen LogP contribution in [0, 0.1) is 12.8 Å². The molecule has 0 unspecified atom stereocenters. The molecule has 2 amide bonds. The van der Waals surface area contributed by atoms with Crippen molar-refractivity contribution in [3.63, 3.8) is 0 Å². The third-order valence-electron chi connectivity index (χ3n) is 5.44. The zero-order chi connectivity index (χ0) is 20.1. The predicted octanol–water partition coefficient (Wildman–Crippen LogP) is 4.76. The van der Waals surface area contributed by atoms with Gasteiger partial charge in [-0.25, -0.2) is 9.96 Å². The maximum atomic E-state index is 13.5. The van der Waals surface area contributed by atoms with E-state index >= 15 is 0 Å². The standard InChI is InChI=1S/C22H17ClN2O3S/c1-13-15(23)9-5-10-16(13)24-21(26)18-19(17-11-6-12-29-17)25(28-20(18)22(24)27)14-7-3-2-4-8-14/h2-12,18-20H,1H3/t18-,19+,20-/m1/s1. The lowest BCUT2D eigenvalue weighted by Crippen LogP contribution is -2.37. The topological polar surface area (TPSA) is 49.9 Å². The Labute approximate surface area is 177 Å². The summed E-state index contributed by atoms with van der Waals surface area (Å²) in [5.74, 6) is -1.24. The van der Waals surface area contributed by atoms with Crippen molar-refractivity contribution in [2.45, 2.75) is 19.1 Å². The van der Waals surface area contributed by atoms with Crippen LogP contribution in [0.5, 0.6) is 0 Å². The quantitative estimate of drug-likeness (QED) is 0.569. The highest BCUT2D eigenvalue weighted by Crippen LogP contribution is 2.49. The number of fused-ring (bicyclic) bond motifs is 1. The van der Waals surface area contributed by atoms with E-state index in [0.29, 0.717) is 16.3 Å². The fraction of sp³-hybridized carbons (Fsp3) is 0.182. The molecular weight excluding hydrogens is 408 g/mol. The second kappa shape index (κ2) is 6.99. The van der Waals surface area contributed by atoms with Gasteiger partial charge < -0.3 is 0 Å². The van der Waals surface area contributed by atoms with Gasteiger partial charge in [0.05, 0.1) is 11.4 Å². The summed E-state index contributed by atoms with van der Waals surface area (Å²) in [6.07, 6.45) is -0.867. The van der Waals surface area contributed by atoms with Crippen LogP contribution in [0.3, 0.4) is 0 Å². The number of carbonyl (C=O) groups is 2. The molecule has 2 fully saturated rings. The summed E-state index contributed by atoms with van der Waals surface area (Å²) in [5, 5.41) is 4.19. The van der Waals surface area contributed by atoms with Crippen LogP contribution >= 0.6 is 22.9 Å². The van der Waals surface area contributed by atoms with Crippen LogP contribution in [0.2, 0.25) is 5.02 Å². The predicted molar refractivity (Wildman–Crippen MR) is 113 cm³/mol. The fourth-order valence-electron chi connectivity index (χ4n) is 4.04. The lowest BCUT2D eigenvalue weighted by Gasteiger charge is -2.28. The molecule has 1 aromatic heterocycles. The van der Waals surface area contributed by atoms with Gasteiger partial charge in [0, 0.05) is 9.90 Å². The van der Waals surface area contributed by atoms with Crippen molar-refractivity contribution >= 4 is 46.1 Å². The van der Waals surface area contributed by atoms with Crippen molar-refractivity contribution in [1.29, 1.82) is 0 Å². The molecule has 2 aromatic carbocycles. The van der Waals surface area contributed by atoms with Gasteiger partial charge in [-0.3, -0.25) is 14.4 Å². The largest absolute Gasteiger partial charge is 0.273 e. The van der Waals surface area contributed by atoms with E-state index in [1.54, 1.807) is 41.5 Å². The molecule has 2 saturated heterocycles. The molecule has 0 bridgehead atoms. The van der Waals surface area contributed by atoms with Crippen LogP contribution in [0.1, 0.15) is 16.5 Å². The molecule has 0 N–H and O–H groups in total. The Morgan fingerprint density at radius 1 is 0.966 bits per heavy atom. The molecule has 2 aliphatic rings. The van der Waals surface area contributed by atoms with Crippen LogP contribution < -0.4 is 9.96 Å². The van der Waals surface area contributed by atoms with E-state index in [0.717, 1.165) is 10.6 Å². The Morgan fingerprint density at radius 2 is 1.76 bits per heavy atom. The number of hydrogen-bond donors (Lipinski definition) is 0. The van der Waals surface area contributed by atoms with Crippen LogP contribution in [-0.4, -0.2) is 17.9 Å². The molecule has 0 radical (unpaired) electrons. The third kappa shape index (κ3) is 2.79. The Kier molecular flexibility index (Phi) is 4.42. The molecule has 29 heavy (non-hydrogen) atoms. The van der Waals surface area contributed by atoms with E-state index in [1.807, 2.05) is 47.8 Å². The summed E-state index contributed by atoms with van der Waals surface area (Å²) in [6.45, 7) is 1.81. The molecule has 3 atom stereocenters. The minimum Gasteiger partial charge on any atom is -0.273 e. The van der Waals surface area contributed by atoms with Gasteiger partial charge in [0.2, 0.25) is 5.91 Å². The number of amides is 2. The molecule has 0 spiro atoms. The molecule has 0 aliphatic carbocycles. The number of nitrogens with zero attached hydrogens (tertiary/aromatic N) is 2. The highest BCUT2D eigenvalue weighted by atomic mass is 35.5. The first kappa shape index (κ1) is 18.4. The average Bonchev–Trinajstić information content (AvgIpc) is 3.43. The summed E-state index contributed by atoms with van der Waals surface area (Å²) in [5.41, 5.74) is 2.02. The zero-order valence-corrected chi connectivity index (χ0v) is 17.1. The molecule has 2 aliphatic heterocycles. The highest BCUT2D eigenvalue weighted by molar-refractivity contribution is 7.10. The number of imide groups is 1. The van der Waals surface area contributed by atoms with E-state index < -0.39 is 12.0 Å². The summed E-state index contributed by atoms with van der Waals surface area (Å²) < 4.78 is 0. The molecule has 7 heteroatoms. The average molecular weight is 425 g/mol. The van der Waals surface area contributed by atoms with E-state index in [-0.39, 0.29) is 17.9 Å². The summed E-state index contributed by atoms with van der Waals surface area (Å²) in [6, 6.07) is 18.3. The van der Waals surface area contributed by atoms with E-state index in [2.05, 4.69) is 0 Å². The van der Waals surface area contributed by atoms with Gasteiger partial charge in [-0.15, -0.1) is 11.3 Å².